The molecule has 0 radical (unpaired) electrons. The molecule has 1 aromatic carbocycles. The van der Waals surface area contributed by atoms with Crippen LogP contribution in [0.1, 0.15) is 57.2 Å². The van der Waals surface area contributed by atoms with E-state index in [0.29, 0.717) is 44.7 Å². The molecule has 37 heavy (non-hydrogen) atoms. The van der Waals surface area contributed by atoms with Gasteiger partial charge in [0.2, 0.25) is 5.91 Å². The fourth-order valence-electron chi connectivity index (χ4n) is 4.29. The Hall–Kier alpha value is -3.95. The molecule has 1 atom stereocenters. The third-order valence-electron chi connectivity index (χ3n) is 6.13. The second-order valence-corrected chi connectivity index (χ2v) is 10.4. The lowest BCUT2D eigenvalue weighted by Crippen LogP contribution is -2.38. The molecule has 0 saturated heterocycles. The molecular formula is C27H34N6O4. The van der Waals surface area contributed by atoms with Crippen molar-refractivity contribution >= 4 is 29.4 Å². The lowest BCUT2D eigenvalue weighted by Gasteiger charge is -2.28. The molecule has 196 valence electrons. The molecule has 3 heterocycles. The highest BCUT2D eigenvalue weighted by atomic mass is 16.6. The summed E-state index contributed by atoms with van der Waals surface area (Å²) in [6.45, 7) is 9.28. The normalized spacial score (nSPS) is 17.2. The van der Waals surface area contributed by atoms with Crippen molar-refractivity contribution in [1.29, 1.82) is 0 Å². The predicted octanol–water partition coefficient (Wildman–Crippen LogP) is 4.12. The van der Waals surface area contributed by atoms with Gasteiger partial charge in [-0.1, -0.05) is 19.1 Å². The van der Waals surface area contributed by atoms with E-state index >= 15 is 0 Å². The first-order valence-electron chi connectivity index (χ1n) is 12.5. The molecule has 0 saturated carbocycles. The van der Waals surface area contributed by atoms with Crippen molar-refractivity contribution in [2.24, 2.45) is 11.0 Å². The van der Waals surface area contributed by atoms with E-state index in [4.69, 9.17) is 4.74 Å². The minimum Gasteiger partial charge on any atom is -0.444 e. The zero-order valence-electron chi connectivity index (χ0n) is 21.8. The average molecular weight is 507 g/mol. The number of nitrogens with zero attached hydrogens (tertiary/aromatic N) is 4. The summed E-state index contributed by atoms with van der Waals surface area (Å²) < 4.78 is 5.23. The second-order valence-electron chi connectivity index (χ2n) is 10.4. The molecule has 1 aromatic heterocycles. The average Bonchev–Trinajstić information content (AvgIpc) is 3.27. The van der Waals surface area contributed by atoms with Crippen LogP contribution in [0, 0.1) is 5.92 Å². The topological polar surface area (TPSA) is 116 Å². The quantitative estimate of drug-likeness (QED) is 0.572. The number of amides is 4. The zero-order chi connectivity index (χ0) is 26.6. The Bertz CT molecular complexity index is 1160. The summed E-state index contributed by atoms with van der Waals surface area (Å²) in [4.78, 5) is 42.9. The molecule has 0 bridgehead atoms. The number of carbonyl (C=O) groups excluding carboxylic acids is 3. The number of anilines is 1. The van der Waals surface area contributed by atoms with Crippen molar-refractivity contribution in [3.63, 3.8) is 0 Å². The lowest BCUT2D eigenvalue weighted by molar-refractivity contribution is -0.132. The van der Waals surface area contributed by atoms with E-state index < -0.39 is 11.7 Å². The molecular weight excluding hydrogens is 472 g/mol. The maximum absolute atomic E-state index is 12.7. The Balaban J connectivity index is 1.32. The first-order chi connectivity index (χ1) is 17.6. The summed E-state index contributed by atoms with van der Waals surface area (Å²) in [5.41, 5.74) is 4.03. The summed E-state index contributed by atoms with van der Waals surface area (Å²) in [5.74, 6) is -0.0694. The van der Waals surface area contributed by atoms with Crippen LogP contribution in [-0.4, -0.2) is 57.3 Å². The van der Waals surface area contributed by atoms with Crippen LogP contribution in [0.15, 0.2) is 47.8 Å². The molecule has 0 fully saturated rings. The fraction of sp³-hybridized carbons (Fsp3) is 0.444. The maximum atomic E-state index is 12.7. The molecule has 4 amide bonds. The standard InChI is InChI=1S/C27H34N6O4/c1-18-14-23(34)33(13-5-11-29-26(36)37-27(2,3)4)31-24(18)19-6-8-22(9-7-19)30-25(35)32-16-20-10-12-28-15-21(20)17-32/h6-10,12,15,18H,5,11,13-14,16-17H2,1-4H3,(H,29,36)(H,30,35). The van der Waals surface area contributed by atoms with E-state index in [1.54, 1.807) is 17.3 Å². The van der Waals surface area contributed by atoms with Gasteiger partial charge in [0.1, 0.15) is 5.60 Å². The largest absolute Gasteiger partial charge is 0.444 e. The number of alkyl carbamates (subject to hydrolysis) is 1. The van der Waals surface area contributed by atoms with E-state index in [2.05, 4.69) is 20.7 Å². The molecule has 0 aliphatic carbocycles. The van der Waals surface area contributed by atoms with Crippen molar-refractivity contribution < 1.29 is 19.1 Å². The Morgan fingerprint density at radius 3 is 2.54 bits per heavy atom. The third-order valence-corrected chi connectivity index (χ3v) is 6.13. The Morgan fingerprint density at radius 2 is 1.84 bits per heavy atom. The van der Waals surface area contributed by atoms with Crippen LogP contribution in [0.2, 0.25) is 0 Å². The molecule has 4 rings (SSSR count). The number of urea groups is 1. The first kappa shape index (κ1) is 26.1. The van der Waals surface area contributed by atoms with Gasteiger partial charge in [0.15, 0.2) is 0 Å². The Kier molecular flexibility index (Phi) is 7.75. The number of hydrogen-bond acceptors (Lipinski definition) is 6. The maximum Gasteiger partial charge on any atom is 0.407 e. The van der Waals surface area contributed by atoms with Crippen molar-refractivity contribution in [2.75, 3.05) is 18.4 Å². The molecule has 2 N–H and O–H groups in total. The van der Waals surface area contributed by atoms with E-state index in [0.717, 1.165) is 22.4 Å². The van der Waals surface area contributed by atoms with Gasteiger partial charge in [-0.3, -0.25) is 9.78 Å². The van der Waals surface area contributed by atoms with E-state index in [-0.39, 0.29) is 17.9 Å². The van der Waals surface area contributed by atoms with Gasteiger partial charge < -0.3 is 20.3 Å². The van der Waals surface area contributed by atoms with Crippen LogP contribution >= 0.6 is 0 Å². The molecule has 10 nitrogen and oxygen atoms in total. The smallest absolute Gasteiger partial charge is 0.407 e. The van der Waals surface area contributed by atoms with Crippen LogP contribution < -0.4 is 10.6 Å². The number of carbonyl (C=O) groups is 3. The number of fused-ring (bicyclic) bond motifs is 1. The first-order valence-corrected chi connectivity index (χ1v) is 12.5. The van der Waals surface area contributed by atoms with Gasteiger partial charge >= 0.3 is 12.1 Å². The van der Waals surface area contributed by atoms with Gasteiger partial charge in [-0.2, -0.15) is 5.10 Å². The zero-order valence-corrected chi connectivity index (χ0v) is 21.8. The number of ether oxygens (including phenoxy) is 1. The SMILES string of the molecule is CC1CC(=O)N(CCCNC(=O)OC(C)(C)C)N=C1c1ccc(NC(=O)N2Cc3ccncc3C2)cc1. The van der Waals surface area contributed by atoms with Gasteiger partial charge in [-0.15, -0.1) is 0 Å². The highest BCUT2D eigenvalue weighted by Crippen LogP contribution is 2.24. The number of pyridine rings is 1. The highest BCUT2D eigenvalue weighted by Gasteiger charge is 2.27. The molecule has 0 spiro atoms. The minimum absolute atomic E-state index is 0.0270. The predicted molar refractivity (Wildman–Crippen MR) is 140 cm³/mol. The molecule has 10 heteroatoms. The summed E-state index contributed by atoms with van der Waals surface area (Å²) in [5, 5.41) is 11.8. The molecule has 2 aliphatic heterocycles. The van der Waals surface area contributed by atoms with Crippen molar-refractivity contribution in [3.8, 4) is 0 Å². The van der Waals surface area contributed by atoms with E-state index in [1.165, 1.54) is 5.01 Å². The summed E-state index contributed by atoms with van der Waals surface area (Å²) in [7, 11) is 0. The van der Waals surface area contributed by atoms with Crippen LogP contribution in [0.5, 0.6) is 0 Å². The number of rotatable bonds is 6. The van der Waals surface area contributed by atoms with Crippen LogP contribution in [0.3, 0.4) is 0 Å². The van der Waals surface area contributed by atoms with Crippen molar-refractivity contribution in [3.05, 3.63) is 59.4 Å². The Labute approximate surface area is 217 Å². The van der Waals surface area contributed by atoms with Gasteiger partial charge in [-0.05, 0) is 62.1 Å². The number of nitrogens with one attached hydrogen (secondary N) is 2. The lowest BCUT2D eigenvalue weighted by atomic mass is 9.93. The van der Waals surface area contributed by atoms with Crippen LogP contribution in [0.25, 0.3) is 0 Å². The number of aromatic nitrogens is 1. The van der Waals surface area contributed by atoms with Gasteiger partial charge in [0.05, 0.1) is 5.71 Å². The van der Waals surface area contributed by atoms with Gasteiger partial charge in [0.25, 0.3) is 0 Å². The number of hydrogen-bond donors (Lipinski definition) is 2. The number of hydrazone groups is 1. The monoisotopic (exact) mass is 506 g/mol. The Morgan fingerprint density at radius 1 is 1.11 bits per heavy atom. The molecule has 1 unspecified atom stereocenters. The van der Waals surface area contributed by atoms with Gasteiger partial charge in [0, 0.05) is 56.6 Å². The van der Waals surface area contributed by atoms with E-state index in [1.807, 2.05) is 58.0 Å². The highest BCUT2D eigenvalue weighted by molar-refractivity contribution is 6.06. The van der Waals surface area contributed by atoms with Gasteiger partial charge in [-0.25, -0.2) is 14.6 Å². The van der Waals surface area contributed by atoms with Crippen molar-refractivity contribution in [2.45, 2.75) is 59.2 Å². The van der Waals surface area contributed by atoms with E-state index in [9.17, 15) is 14.4 Å². The number of benzene rings is 1. The van der Waals surface area contributed by atoms with Crippen LogP contribution in [-0.2, 0) is 22.6 Å². The molecule has 2 aliphatic rings. The molecule has 2 aromatic rings. The second kappa shape index (κ2) is 11.0. The van der Waals surface area contributed by atoms with Crippen LogP contribution in [0.4, 0.5) is 15.3 Å². The fourth-order valence-corrected chi connectivity index (χ4v) is 4.29. The summed E-state index contributed by atoms with van der Waals surface area (Å²) in [6.07, 6.45) is 3.98. The summed E-state index contributed by atoms with van der Waals surface area (Å²) in [6, 6.07) is 9.29. The minimum atomic E-state index is -0.557. The summed E-state index contributed by atoms with van der Waals surface area (Å²) >= 11 is 0. The third kappa shape index (κ3) is 6.84. The van der Waals surface area contributed by atoms with Crippen molar-refractivity contribution in [1.82, 2.24) is 20.2 Å².